The average molecular weight is 456 g/mol. The Morgan fingerprint density at radius 3 is 2.34 bits per heavy atom. The highest BCUT2D eigenvalue weighted by Crippen LogP contribution is 2.33. The topological polar surface area (TPSA) is 62.1 Å². The zero-order valence-corrected chi connectivity index (χ0v) is 17.3. The molecule has 0 saturated carbocycles. The molecule has 5 nitrogen and oxygen atoms in total. The number of hydrogen-bond donors (Lipinski definition) is 1. The van der Waals surface area contributed by atoms with Crippen molar-refractivity contribution in [3.8, 4) is 5.75 Å². The number of hydrogen-bond acceptors (Lipinski definition) is 4. The summed E-state index contributed by atoms with van der Waals surface area (Å²) in [7, 11) is 0. The van der Waals surface area contributed by atoms with Crippen molar-refractivity contribution < 1.29 is 36.6 Å². The smallest absolute Gasteiger partial charge is 0.416 e. The summed E-state index contributed by atoms with van der Waals surface area (Å²) in [6, 6.07) is 6.01. The van der Waals surface area contributed by atoms with E-state index in [0.717, 1.165) is 24.3 Å². The van der Waals surface area contributed by atoms with Crippen LogP contribution in [0.3, 0.4) is 0 Å². The van der Waals surface area contributed by atoms with E-state index in [1.807, 2.05) is 0 Å². The number of rotatable bonds is 7. The SMILES string of the molecule is CC1=NN(c2ccc(C(F)(F)F)cc2)C(COc2c(F)cc(CC(C)C(=O)O)cc2F)C1. The van der Waals surface area contributed by atoms with Gasteiger partial charge in [0.1, 0.15) is 6.61 Å². The number of ether oxygens (including phenoxy) is 1. The third-order valence-corrected chi connectivity index (χ3v) is 5.06. The van der Waals surface area contributed by atoms with Gasteiger partial charge < -0.3 is 9.84 Å². The number of carboxylic acid groups (broad SMARTS) is 1. The highest BCUT2D eigenvalue weighted by molar-refractivity contribution is 5.86. The van der Waals surface area contributed by atoms with Gasteiger partial charge in [0.15, 0.2) is 17.4 Å². The first-order valence-electron chi connectivity index (χ1n) is 9.79. The summed E-state index contributed by atoms with van der Waals surface area (Å²) in [6.07, 6.45) is -4.10. The molecule has 3 rings (SSSR count). The Bertz CT molecular complexity index is 998. The van der Waals surface area contributed by atoms with Crippen molar-refractivity contribution in [2.24, 2.45) is 11.0 Å². The average Bonchev–Trinajstić information content (AvgIpc) is 3.07. The fourth-order valence-electron chi connectivity index (χ4n) is 3.42. The lowest BCUT2D eigenvalue weighted by Crippen LogP contribution is -2.32. The number of hydrazone groups is 1. The normalized spacial score (nSPS) is 17.3. The summed E-state index contributed by atoms with van der Waals surface area (Å²) >= 11 is 0. The van der Waals surface area contributed by atoms with Crippen molar-refractivity contribution in [1.82, 2.24) is 0 Å². The molecule has 10 heteroatoms. The number of benzene rings is 2. The van der Waals surface area contributed by atoms with Crippen LogP contribution in [0, 0.1) is 17.6 Å². The molecule has 172 valence electrons. The zero-order valence-electron chi connectivity index (χ0n) is 17.3. The van der Waals surface area contributed by atoms with Crippen LogP contribution in [-0.2, 0) is 17.4 Å². The lowest BCUT2D eigenvalue weighted by atomic mass is 10.0. The Balaban J connectivity index is 1.72. The van der Waals surface area contributed by atoms with Crippen LogP contribution < -0.4 is 9.75 Å². The zero-order chi connectivity index (χ0) is 23.6. The largest absolute Gasteiger partial charge is 0.485 e. The first kappa shape index (κ1) is 23.5. The van der Waals surface area contributed by atoms with Crippen LogP contribution in [0.5, 0.6) is 5.75 Å². The fraction of sp³-hybridized carbons (Fsp3) is 0.364. The quantitative estimate of drug-likeness (QED) is 0.576. The van der Waals surface area contributed by atoms with E-state index in [9.17, 15) is 26.7 Å². The molecule has 1 N–H and O–H groups in total. The van der Waals surface area contributed by atoms with E-state index in [-0.39, 0.29) is 18.6 Å². The summed E-state index contributed by atoms with van der Waals surface area (Å²) < 4.78 is 72.6. The minimum absolute atomic E-state index is 0.0409. The van der Waals surface area contributed by atoms with Crippen molar-refractivity contribution in [2.45, 2.75) is 38.9 Å². The van der Waals surface area contributed by atoms with Gasteiger partial charge in [-0.1, -0.05) is 6.92 Å². The number of alkyl halides is 3. The van der Waals surface area contributed by atoms with Gasteiger partial charge >= 0.3 is 12.1 Å². The van der Waals surface area contributed by atoms with E-state index < -0.39 is 47.1 Å². The Kier molecular flexibility index (Phi) is 6.71. The molecule has 0 fully saturated rings. The number of carboxylic acids is 1. The minimum atomic E-state index is -4.46. The molecule has 0 aromatic heterocycles. The Morgan fingerprint density at radius 2 is 1.81 bits per heavy atom. The maximum Gasteiger partial charge on any atom is 0.416 e. The van der Waals surface area contributed by atoms with Crippen molar-refractivity contribution in [3.05, 3.63) is 59.2 Å². The van der Waals surface area contributed by atoms with Gasteiger partial charge in [-0.05, 0) is 55.3 Å². The lowest BCUT2D eigenvalue weighted by molar-refractivity contribution is -0.141. The highest BCUT2D eigenvalue weighted by Gasteiger charge is 2.32. The van der Waals surface area contributed by atoms with Gasteiger partial charge in [-0.25, -0.2) is 8.78 Å². The van der Waals surface area contributed by atoms with Gasteiger partial charge in [0.05, 0.1) is 23.2 Å². The number of anilines is 1. The van der Waals surface area contributed by atoms with E-state index >= 15 is 0 Å². The number of aliphatic carboxylic acids is 1. The van der Waals surface area contributed by atoms with E-state index in [4.69, 9.17) is 9.84 Å². The molecule has 32 heavy (non-hydrogen) atoms. The third kappa shape index (κ3) is 5.35. The van der Waals surface area contributed by atoms with E-state index in [1.165, 1.54) is 24.1 Å². The van der Waals surface area contributed by atoms with E-state index in [2.05, 4.69) is 5.10 Å². The van der Waals surface area contributed by atoms with Crippen LogP contribution in [0.15, 0.2) is 41.5 Å². The maximum atomic E-state index is 14.4. The molecular weight excluding hydrogens is 435 g/mol. The molecule has 0 saturated heterocycles. The van der Waals surface area contributed by atoms with E-state index in [1.54, 1.807) is 6.92 Å². The number of nitrogens with zero attached hydrogens (tertiary/aromatic N) is 2. The van der Waals surface area contributed by atoms with Crippen molar-refractivity contribution in [1.29, 1.82) is 0 Å². The molecule has 2 aromatic rings. The molecule has 0 amide bonds. The van der Waals surface area contributed by atoms with Crippen LogP contribution in [-0.4, -0.2) is 29.4 Å². The molecule has 0 bridgehead atoms. The van der Waals surface area contributed by atoms with Gasteiger partial charge in [0.25, 0.3) is 0 Å². The predicted octanol–water partition coefficient (Wildman–Crippen LogP) is 5.28. The summed E-state index contributed by atoms with van der Waals surface area (Å²) in [4.78, 5) is 10.9. The van der Waals surface area contributed by atoms with Crippen molar-refractivity contribution in [2.75, 3.05) is 11.6 Å². The maximum absolute atomic E-state index is 14.4. The second kappa shape index (κ2) is 9.13. The molecule has 0 aliphatic carbocycles. The van der Waals surface area contributed by atoms with Crippen LogP contribution in [0.25, 0.3) is 0 Å². The summed E-state index contributed by atoms with van der Waals surface area (Å²) in [6.45, 7) is 3.00. The molecule has 2 atom stereocenters. The van der Waals surface area contributed by atoms with Crippen LogP contribution in [0.4, 0.5) is 27.6 Å². The number of carbonyl (C=O) groups is 1. The fourth-order valence-corrected chi connectivity index (χ4v) is 3.42. The predicted molar refractivity (Wildman–Crippen MR) is 108 cm³/mol. The van der Waals surface area contributed by atoms with Crippen LogP contribution in [0.2, 0.25) is 0 Å². The first-order chi connectivity index (χ1) is 15.0. The molecular formula is C22H21F5N2O3. The minimum Gasteiger partial charge on any atom is -0.485 e. The van der Waals surface area contributed by atoms with Crippen LogP contribution in [0.1, 0.15) is 31.4 Å². The molecule has 0 spiro atoms. The standard InChI is InChI=1S/C22H21F5N2O3/c1-12(21(30)31)7-14-9-18(23)20(19(24)10-14)32-11-17-8-13(2)28-29(17)16-5-3-15(4-6-16)22(25,26)27/h3-6,9-10,12,17H,7-8,11H2,1-2H3,(H,30,31). The lowest BCUT2D eigenvalue weighted by Gasteiger charge is -2.24. The molecule has 2 aromatic carbocycles. The third-order valence-electron chi connectivity index (χ3n) is 5.06. The monoisotopic (exact) mass is 456 g/mol. The van der Waals surface area contributed by atoms with Crippen molar-refractivity contribution in [3.63, 3.8) is 0 Å². The van der Waals surface area contributed by atoms with Gasteiger partial charge in [-0.3, -0.25) is 9.80 Å². The molecule has 0 radical (unpaired) electrons. The summed E-state index contributed by atoms with van der Waals surface area (Å²) in [5.41, 5.74) is 0.476. The Hall–Kier alpha value is -3.17. The second-order valence-electron chi connectivity index (χ2n) is 7.73. The highest BCUT2D eigenvalue weighted by atomic mass is 19.4. The van der Waals surface area contributed by atoms with Crippen LogP contribution >= 0.6 is 0 Å². The summed E-state index contributed by atoms with van der Waals surface area (Å²) in [5, 5.41) is 14.7. The summed E-state index contributed by atoms with van der Waals surface area (Å²) in [5.74, 6) is -4.42. The van der Waals surface area contributed by atoms with Gasteiger partial charge in [-0.15, -0.1) is 0 Å². The Morgan fingerprint density at radius 1 is 1.22 bits per heavy atom. The van der Waals surface area contributed by atoms with Gasteiger partial charge in [-0.2, -0.15) is 18.3 Å². The van der Waals surface area contributed by atoms with Gasteiger partial charge in [0, 0.05) is 12.1 Å². The second-order valence-corrected chi connectivity index (χ2v) is 7.73. The Labute approximate surface area is 181 Å². The van der Waals surface area contributed by atoms with Gasteiger partial charge in [0.2, 0.25) is 0 Å². The number of halogens is 5. The van der Waals surface area contributed by atoms with E-state index in [0.29, 0.717) is 17.8 Å². The molecule has 1 aliphatic rings. The molecule has 1 aliphatic heterocycles. The molecule has 1 heterocycles. The van der Waals surface area contributed by atoms with Crippen molar-refractivity contribution >= 4 is 17.4 Å². The first-order valence-corrected chi connectivity index (χ1v) is 9.79. The molecule has 2 unspecified atom stereocenters.